The van der Waals surface area contributed by atoms with E-state index in [2.05, 4.69) is 41.0 Å². The fourth-order valence-electron chi connectivity index (χ4n) is 2.01. The lowest BCUT2D eigenvalue weighted by Crippen LogP contribution is -2.27. The molecular weight excluding hydrogens is 236 g/mol. The summed E-state index contributed by atoms with van der Waals surface area (Å²) in [5.41, 5.74) is 2.43. The van der Waals surface area contributed by atoms with E-state index in [1.165, 1.54) is 5.56 Å². The molecule has 0 fully saturated rings. The molecule has 4 nitrogen and oxygen atoms in total. The molecule has 19 heavy (non-hydrogen) atoms. The molecule has 0 bridgehead atoms. The Hall–Kier alpha value is -1.68. The molecule has 2 heterocycles. The van der Waals surface area contributed by atoms with Gasteiger partial charge in [-0.15, -0.1) is 0 Å². The Morgan fingerprint density at radius 1 is 1.26 bits per heavy atom. The third kappa shape index (κ3) is 4.17. The van der Waals surface area contributed by atoms with Gasteiger partial charge in [0.1, 0.15) is 0 Å². The highest BCUT2D eigenvalue weighted by molar-refractivity contribution is 5.13. The van der Waals surface area contributed by atoms with Crippen LogP contribution in [0.1, 0.15) is 25.1 Å². The average molecular weight is 258 g/mol. The molecule has 0 saturated carbocycles. The van der Waals surface area contributed by atoms with Crippen LogP contribution in [-0.4, -0.2) is 32.8 Å². The van der Waals surface area contributed by atoms with E-state index in [0.29, 0.717) is 0 Å². The van der Waals surface area contributed by atoms with Crippen molar-refractivity contribution in [1.82, 2.24) is 19.7 Å². The second-order valence-corrected chi connectivity index (χ2v) is 4.65. The first-order valence-corrected chi connectivity index (χ1v) is 6.95. The van der Waals surface area contributed by atoms with Crippen LogP contribution < -0.4 is 0 Å². The Labute approximate surface area is 115 Å². The van der Waals surface area contributed by atoms with Gasteiger partial charge in [0.05, 0.1) is 12.2 Å². The molecule has 0 aliphatic heterocycles. The summed E-state index contributed by atoms with van der Waals surface area (Å²) in [6, 6.07) is 6.26. The van der Waals surface area contributed by atoms with Gasteiger partial charge >= 0.3 is 0 Å². The number of aromatic nitrogens is 3. The third-order valence-corrected chi connectivity index (χ3v) is 3.33. The summed E-state index contributed by atoms with van der Waals surface area (Å²) >= 11 is 0. The highest BCUT2D eigenvalue weighted by Crippen LogP contribution is 2.05. The number of likely N-dealkylation sites (N-methyl/N-ethyl adjacent to an activating group) is 1. The van der Waals surface area contributed by atoms with E-state index in [0.717, 1.165) is 38.3 Å². The predicted octanol–water partition coefficient (Wildman–Crippen LogP) is 2.36. The van der Waals surface area contributed by atoms with Gasteiger partial charge in [0.25, 0.3) is 0 Å². The molecule has 0 amide bonds. The first kappa shape index (κ1) is 13.7. The Kier molecular flexibility index (Phi) is 5.10. The van der Waals surface area contributed by atoms with Crippen molar-refractivity contribution in [3.8, 4) is 0 Å². The number of hydrogen-bond acceptors (Lipinski definition) is 3. The second-order valence-electron chi connectivity index (χ2n) is 4.65. The van der Waals surface area contributed by atoms with Crippen molar-refractivity contribution >= 4 is 0 Å². The minimum absolute atomic E-state index is 0.905. The zero-order valence-electron chi connectivity index (χ0n) is 11.8. The van der Waals surface area contributed by atoms with Gasteiger partial charge in [0.2, 0.25) is 0 Å². The summed E-state index contributed by atoms with van der Waals surface area (Å²) in [6.45, 7) is 8.19. The van der Waals surface area contributed by atoms with Gasteiger partial charge in [-0.25, -0.2) is 0 Å². The number of nitrogens with zero attached hydrogens (tertiary/aromatic N) is 4. The fourth-order valence-corrected chi connectivity index (χ4v) is 2.01. The van der Waals surface area contributed by atoms with E-state index < -0.39 is 0 Å². The van der Waals surface area contributed by atoms with Crippen molar-refractivity contribution in [3.05, 3.63) is 48.0 Å². The lowest BCUT2D eigenvalue weighted by Gasteiger charge is -2.19. The molecule has 0 N–H and O–H groups in total. The van der Waals surface area contributed by atoms with E-state index >= 15 is 0 Å². The molecule has 0 radical (unpaired) electrons. The van der Waals surface area contributed by atoms with E-state index in [1.807, 2.05) is 29.3 Å². The minimum Gasteiger partial charge on any atom is -0.296 e. The van der Waals surface area contributed by atoms with Crippen molar-refractivity contribution in [2.45, 2.75) is 33.4 Å². The van der Waals surface area contributed by atoms with Crippen molar-refractivity contribution in [2.75, 3.05) is 13.1 Å². The molecule has 2 aromatic heterocycles. The molecule has 2 rings (SSSR count). The van der Waals surface area contributed by atoms with Crippen molar-refractivity contribution < 1.29 is 0 Å². The Bertz CT molecular complexity index is 461. The molecule has 0 atom stereocenters. The van der Waals surface area contributed by atoms with E-state index in [4.69, 9.17) is 0 Å². The topological polar surface area (TPSA) is 34.0 Å². The highest BCUT2D eigenvalue weighted by atomic mass is 15.3. The van der Waals surface area contributed by atoms with Crippen molar-refractivity contribution in [3.63, 3.8) is 0 Å². The summed E-state index contributed by atoms with van der Waals surface area (Å²) in [6.07, 6.45) is 6.85. The molecule has 0 aliphatic rings. The zero-order valence-corrected chi connectivity index (χ0v) is 11.8. The summed E-state index contributed by atoms with van der Waals surface area (Å²) in [4.78, 5) is 6.90. The number of rotatable bonds is 7. The largest absolute Gasteiger partial charge is 0.296 e. The minimum atomic E-state index is 0.905. The SMILES string of the molecule is CCc1ccc(CN(CC)CCn2cccn2)nc1. The Balaban J connectivity index is 1.87. The number of aryl methyl sites for hydroxylation is 1. The molecule has 0 aromatic carbocycles. The van der Waals surface area contributed by atoms with Crippen LogP contribution in [0, 0.1) is 0 Å². The summed E-state index contributed by atoms with van der Waals surface area (Å²) in [5, 5.41) is 4.23. The zero-order chi connectivity index (χ0) is 13.5. The van der Waals surface area contributed by atoms with Gasteiger partial charge in [-0.2, -0.15) is 5.10 Å². The number of pyridine rings is 1. The van der Waals surface area contributed by atoms with Gasteiger partial charge in [-0.05, 0) is 30.7 Å². The van der Waals surface area contributed by atoms with Crippen LogP contribution in [-0.2, 0) is 19.5 Å². The summed E-state index contributed by atoms with van der Waals surface area (Å²) in [5.74, 6) is 0. The van der Waals surface area contributed by atoms with E-state index in [1.54, 1.807) is 0 Å². The lowest BCUT2D eigenvalue weighted by molar-refractivity contribution is 0.260. The molecule has 2 aromatic rings. The standard InChI is InChI=1S/C15H22N4/c1-3-14-6-7-15(16-12-14)13-18(4-2)10-11-19-9-5-8-17-19/h5-9,12H,3-4,10-11,13H2,1-2H3. The summed E-state index contributed by atoms with van der Waals surface area (Å²) < 4.78 is 1.97. The molecule has 0 unspecified atom stereocenters. The average Bonchev–Trinajstić information content (AvgIpc) is 2.97. The number of hydrogen-bond donors (Lipinski definition) is 0. The quantitative estimate of drug-likeness (QED) is 0.764. The fraction of sp³-hybridized carbons (Fsp3) is 0.467. The Morgan fingerprint density at radius 2 is 2.16 bits per heavy atom. The first-order valence-electron chi connectivity index (χ1n) is 6.95. The predicted molar refractivity (Wildman–Crippen MR) is 76.8 cm³/mol. The smallest absolute Gasteiger partial charge is 0.0544 e. The highest BCUT2D eigenvalue weighted by Gasteiger charge is 2.05. The third-order valence-electron chi connectivity index (χ3n) is 3.33. The first-order chi connectivity index (χ1) is 9.31. The van der Waals surface area contributed by atoms with Gasteiger partial charge in [-0.1, -0.05) is 19.9 Å². The molecular formula is C15H22N4. The van der Waals surface area contributed by atoms with Crippen LogP contribution in [0.15, 0.2) is 36.8 Å². The van der Waals surface area contributed by atoms with Crippen molar-refractivity contribution in [1.29, 1.82) is 0 Å². The second kappa shape index (κ2) is 7.04. The van der Waals surface area contributed by atoms with E-state index in [9.17, 15) is 0 Å². The normalized spacial score (nSPS) is 11.1. The van der Waals surface area contributed by atoms with Gasteiger partial charge < -0.3 is 0 Å². The van der Waals surface area contributed by atoms with Crippen LogP contribution in [0.25, 0.3) is 0 Å². The van der Waals surface area contributed by atoms with Gasteiger partial charge in [0, 0.05) is 31.7 Å². The molecule has 0 saturated heterocycles. The van der Waals surface area contributed by atoms with Crippen LogP contribution in [0.5, 0.6) is 0 Å². The maximum absolute atomic E-state index is 4.52. The molecule has 0 spiro atoms. The molecule has 102 valence electrons. The van der Waals surface area contributed by atoms with Crippen LogP contribution in [0.4, 0.5) is 0 Å². The van der Waals surface area contributed by atoms with Crippen LogP contribution in [0.3, 0.4) is 0 Å². The van der Waals surface area contributed by atoms with Gasteiger partial charge in [0.15, 0.2) is 0 Å². The van der Waals surface area contributed by atoms with E-state index in [-0.39, 0.29) is 0 Å². The lowest BCUT2D eigenvalue weighted by atomic mass is 10.2. The maximum Gasteiger partial charge on any atom is 0.0544 e. The van der Waals surface area contributed by atoms with Crippen LogP contribution in [0.2, 0.25) is 0 Å². The Morgan fingerprint density at radius 3 is 2.74 bits per heavy atom. The molecule has 0 aliphatic carbocycles. The maximum atomic E-state index is 4.52. The summed E-state index contributed by atoms with van der Waals surface area (Å²) in [7, 11) is 0. The van der Waals surface area contributed by atoms with Crippen molar-refractivity contribution in [2.24, 2.45) is 0 Å². The van der Waals surface area contributed by atoms with Gasteiger partial charge in [-0.3, -0.25) is 14.6 Å². The monoisotopic (exact) mass is 258 g/mol. The van der Waals surface area contributed by atoms with Crippen LogP contribution >= 0.6 is 0 Å². The molecule has 4 heteroatoms.